The molecule has 0 heterocycles. The van der Waals surface area contributed by atoms with Gasteiger partial charge in [-0.1, -0.05) is 102 Å². The molecule has 0 bridgehead atoms. The van der Waals surface area contributed by atoms with Gasteiger partial charge in [0, 0.05) is 29.0 Å². The molecule has 5 nitrogen and oxygen atoms in total. The Bertz CT molecular complexity index is 1170. The molecule has 1 unspecified atom stereocenters. The first kappa shape index (κ1) is 28.0. The lowest BCUT2D eigenvalue weighted by molar-refractivity contribution is -0.142. The molecule has 0 saturated carbocycles. The van der Waals surface area contributed by atoms with Crippen molar-refractivity contribution in [2.45, 2.75) is 32.9 Å². The third kappa shape index (κ3) is 8.26. The van der Waals surface area contributed by atoms with Crippen molar-refractivity contribution in [3.05, 3.63) is 98.4 Å². The molecule has 0 aliphatic rings. The summed E-state index contributed by atoms with van der Waals surface area (Å²) in [6.45, 7) is 4.42. The van der Waals surface area contributed by atoms with E-state index in [1.165, 1.54) is 4.90 Å². The first-order valence-electron chi connectivity index (χ1n) is 11.7. The molecule has 0 spiro atoms. The Labute approximate surface area is 230 Å². The lowest BCUT2D eigenvalue weighted by Gasteiger charge is -2.32. The van der Waals surface area contributed by atoms with E-state index in [4.69, 9.17) is 27.9 Å². The molecule has 0 aliphatic heterocycles. The average molecular weight is 592 g/mol. The second kappa shape index (κ2) is 13.7. The van der Waals surface area contributed by atoms with Crippen molar-refractivity contribution in [2.24, 2.45) is 5.92 Å². The largest absolute Gasteiger partial charge is 0.482 e. The molecule has 1 N–H and O–H groups in total. The quantitative estimate of drug-likeness (QED) is 0.275. The molecule has 1 atom stereocenters. The summed E-state index contributed by atoms with van der Waals surface area (Å²) in [5.74, 6) is 0.0702. The third-order valence-electron chi connectivity index (χ3n) is 5.50. The van der Waals surface area contributed by atoms with Crippen LogP contribution in [-0.2, 0) is 22.6 Å². The number of halogens is 3. The number of carbonyl (C=O) groups is 2. The number of ether oxygens (including phenoxy) is 1. The van der Waals surface area contributed by atoms with Crippen LogP contribution >= 0.6 is 39.1 Å². The maximum atomic E-state index is 13.6. The van der Waals surface area contributed by atoms with Crippen molar-refractivity contribution < 1.29 is 14.3 Å². The van der Waals surface area contributed by atoms with E-state index in [1.54, 1.807) is 24.3 Å². The molecule has 0 fully saturated rings. The van der Waals surface area contributed by atoms with Gasteiger partial charge in [0.15, 0.2) is 6.61 Å². The Hall–Kier alpha value is -2.54. The number of rotatable bonds is 11. The van der Waals surface area contributed by atoms with E-state index in [1.807, 2.05) is 62.4 Å². The number of hydrogen-bond donors (Lipinski definition) is 1. The Kier molecular flexibility index (Phi) is 10.7. The number of benzene rings is 3. The SMILES string of the molecule is CC(C)CNC(=O)C(Cc1ccccc1)N(Cc1ccccc1Cl)C(=O)COc1ccc(Br)cc1Cl. The van der Waals surface area contributed by atoms with Gasteiger partial charge < -0.3 is 15.0 Å². The van der Waals surface area contributed by atoms with E-state index in [0.29, 0.717) is 28.8 Å². The summed E-state index contributed by atoms with van der Waals surface area (Å²) < 4.78 is 6.57. The first-order valence-corrected chi connectivity index (χ1v) is 13.2. The Morgan fingerprint density at radius 2 is 1.67 bits per heavy atom. The van der Waals surface area contributed by atoms with Crippen molar-refractivity contribution in [3.8, 4) is 5.75 Å². The molecule has 3 aromatic carbocycles. The van der Waals surface area contributed by atoms with Crippen LogP contribution < -0.4 is 10.1 Å². The molecule has 0 radical (unpaired) electrons. The van der Waals surface area contributed by atoms with E-state index in [0.717, 1.165) is 15.6 Å². The predicted octanol–water partition coefficient (Wildman–Crippen LogP) is 6.55. The van der Waals surface area contributed by atoms with Gasteiger partial charge in [-0.25, -0.2) is 0 Å². The molecule has 3 rings (SSSR count). The van der Waals surface area contributed by atoms with Crippen LogP contribution in [0.3, 0.4) is 0 Å². The van der Waals surface area contributed by atoms with Gasteiger partial charge in [-0.3, -0.25) is 9.59 Å². The van der Waals surface area contributed by atoms with Gasteiger partial charge >= 0.3 is 0 Å². The molecular weight excluding hydrogens is 563 g/mol. The second-order valence-corrected chi connectivity index (χ2v) is 10.6. The topological polar surface area (TPSA) is 58.6 Å². The van der Waals surface area contributed by atoms with Crippen LogP contribution in [0.2, 0.25) is 10.0 Å². The molecule has 2 amide bonds. The van der Waals surface area contributed by atoms with Gasteiger partial charge in [0.2, 0.25) is 5.91 Å². The predicted molar refractivity (Wildman–Crippen MR) is 148 cm³/mol. The van der Waals surface area contributed by atoms with Crippen LogP contribution in [0.5, 0.6) is 5.75 Å². The lowest BCUT2D eigenvalue weighted by atomic mass is 10.0. The summed E-state index contributed by atoms with van der Waals surface area (Å²) in [5.41, 5.74) is 1.68. The Morgan fingerprint density at radius 1 is 0.972 bits per heavy atom. The van der Waals surface area contributed by atoms with E-state index in [2.05, 4.69) is 21.2 Å². The molecule has 36 heavy (non-hydrogen) atoms. The smallest absolute Gasteiger partial charge is 0.261 e. The minimum Gasteiger partial charge on any atom is -0.482 e. The number of nitrogens with zero attached hydrogens (tertiary/aromatic N) is 1. The summed E-state index contributed by atoms with van der Waals surface area (Å²) in [6.07, 6.45) is 0.347. The lowest BCUT2D eigenvalue weighted by Crippen LogP contribution is -2.52. The molecule has 0 aliphatic carbocycles. The summed E-state index contributed by atoms with van der Waals surface area (Å²) in [4.78, 5) is 28.6. The van der Waals surface area contributed by atoms with Gasteiger partial charge in [-0.15, -0.1) is 0 Å². The second-order valence-electron chi connectivity index (χ2n) is 8.82. The van der Waals surface area contributed by atoms with Crippen LogP contribution in [0, 0.1) is 5.92 Å². The third-order valence-corrected chi connectivity index (χ3v) is 6.66. The zero-order valence-electron chi connectivity index (χ0n) is 20.2. The number of carbonyl (C=O) groups excluding carboxylic acids is 2. The maximum Gasteiger partial charge on any atom is 0.261 e. The van der Waals surface area contributed by atoms with Crippen LogP contribution in [0.25, 0.3) is 0 Å². The molecule has 8 heteroatoms. The van der Waals surface area contributed by atoms with Gasteiger partial charge in [-0.2, -0.15) is 0 Å². The van der Waals surface area contributed by atoms with E-state index in [9.17, 15) is 9.59 Å². The standard InChI is InChI=1S/C28H29BrCl2N2O3/c1-19(2)16-32-28(35)25(14-20-8-4-3-5-9-20)33(17-21-10-6-7-11-23(21)30)27(34)18-36-26-13-12-22(29)15-24(26)31/h3-13,15,19,25H,14,16-18H2,1-2H3,(H,32,35). The van der Waals surface area contributed by atoms with Crippen molar-refractivity contribution in [3.63, 3.8) is 0 Å². The van der Waals surface area contributed by atoms with Crippen molar-refractivity contribution in [1.82, 2.24) is 10.2 Å². The highest BCUT2D eigenvalue weighted by molar-refractivity contribution is 9.10. The van der Waals surface area contributed by atoms with Gasteiger partial charge in [0.25, 0.3) is 5.91 Å². The number of amides is 2. The zero-order valence-corrected chi connectivity index (χ0v) is 23.3. The summed E-state index contributed by atoms with van der Waals surface area (Å²) >= 11 is 16.1. The molecular formula is C28H29BrCl2N2O3. The minimum absolute atomic E-state index is 0.155. The normalized spacial score (nSPS) is 11.7. The van der Waals surface area contributed by atoms with Gasteiger partial charge in [0.1, 0.15) is 11.8 Å². The van der Waals surface area contributed by atoms with Crippen molar-refractivity contribution in [2.75, 3.05) is 13.2 Å². The van der Waals surface area contributed by atoms with Crippen molar-refractivity contribution >= 4 is 50.9 Å². The molecule has 0 aromatic heterocycles. The highest BCUT2D eigenvalue weighted by atomic mass is 79.9. The fourth-order valence-corrected chi connectivity index (χ4v) is 4.52. The minimum atomic E-state index is -0.765. The van der Waals surface area contributed by atoms with Crippen LogP contribution in [0.4, 0.5) is 0 Å². The Morgan fingerprint density at radius 3 is 2.33 bits per heavy atom. The first-order chi connectivity index (χ1) is 17.2. The summed E-state index contributed by atoms with van der Waals surface area (Å²) in [5, 5.41) is 3.90. The molecule has 0 saturated heterocycles. The van der Waals surface area contributed by atoms with E-state index >= 15 is 0 Å². The summed E-state index contributed by atoms with van der Waals surface area (Å²) in [7, 11) is 0. The monoisotopic (exact) mass is 590 g/mol. The van der Waals surface area contributed by atoms with Crippen LogP contribution in [0.1, 0.15) is 25.0 Å². The van der Waals surface area contributed by atoms with Crippen LogP contribution in [-0.4, -0.2) is 35.9 Å². The fraction of sp³-hybridized carbons (Fsp3) is 0.286. The summed E-state index contributed by atoms with van der Waals surface area (Å²) in [6, 6.07) is 21.3. The average Bonchev–Trinajstić information content (AvgIpc) is 2.85. The Balaban J connectivity index is 1.92. The van der Waals surface area contributed by atoms with E-state index in [-0.39, 0.29) is 30.9 Å². The van der Waals surface area contributed by atoms with Gasteiger partial charge in [-0.05, 0) is 41.3 Å². The number of hydrogen-bond acceptors (Lipinski definition) is 3. The van der Waals surface area contributed by atoms with Crippen LogP contribution in [0.15, 0.2) is 77.3 Å². The maximum absolute atomic E-state index is 13.6. The van der Waals surface area contributed by atoms with E-state index < -0.39 is 6.04 Å². The zero-order chi connectivity index (χ0) is 26.1. The highest BCUT2D eigenvalue weighted by Gasteiger charge is 2.31. The molecule has 190 valence electrons. The number of nitrogens with one attached hydrogen (secondary N) is 1. The van der Waals surface area contributed by atoms with Crippen molar-refractivity contribution in [1.29, 1.82) is 0 Å². The molecule has 3 aromatic rings. The fourth-order valence-electron chi connectivity index (χ4n) is 3.60. The van der Waals surface area contributed by atoms with Gasteiger partial charge in [0.05, 0.1) is 5.02 Å². The highest BCUT2D eigenvalue weighted by Crippen LogP contribution is 2.28.